The highest BCUT2D eigenvalue weighted by Gasteiger charge is 2.39. The highest BCUT2D eigenvalue weighted by molar-refractivity contribution is 6.07. The van der Waals surface area contributed by atoms with Crippen molar-refractivity contribution in [1.82, 2.24) is 19.8 Å². The first-order chi connectivity index (χ1) is 13.5. The largest absolute Gasteiger partial charge is 0.383 e. The second kappa shape index (κ2) is 7.75. The monoisotopic (exact) mass is 398 g/mol. The molecule has 1 aliphatic heterocycles. The number of piperidine rings is 1. The van der Waals surface area contributed by atoms with Crippen molar-refractivity contribution in [2.24, 2.45) is 0 Å². The van der Waals surface area contributed by atoms with E-state index in [2.05, 4.69) is 38.0 Å². The quantitative estimate of drug-likeness (QED) is 0.598. The minimum absolute atomic E-state index is 0.0630. The van der Waals surface area contributed by atoms with Crippen molar-refractivity contribution >= 4 is 5.78 Å². The van der Waals surface area contributed by atoms with Crippen molar-refractivity contribution in [3.63, 3.8) is 0 Å². The number of imidazole rings is 1. The third-order valence-electron chi connectivity index (χ3n) is 5.23. The topological polar surface area (TPSA) is 50.2 Å². The maximum Gasteiger partial charge on any atom is 0.205 e. The highest BCUT2D eigenvalue weighted by atomic mass is 19.1. The molecule has 0 aliphatic carbocycles. The van der Waals surface area contributed by atoms with E-state index in [0.717, 1.165) is 18.4 Å². The summed E-state index contributed by atoms with van der Waals surface area (Å²) in [6.45, 7) is 8.75. The molecule has 1 fully saturated rings. The van der Waals surface area contributed by atoms with Crippen LogP contribution in [0.1, 0.15) is 57.1 Å². The molecule has 0 amide bonds. The summed E-state index contributed by atoms with van der Waals surface area (Å²) in [5.74, 6) is -0.417. The minimum Gasteiger partial charge on any atom is -0.383 e. The first-order valence-electron chi connectivity index (χ1n) is 9.98. The molecule has 3 rings (SSSR count). The summed E-state index contributed by atoms with van der Waals surface area (Å²) in [6.07, 6.45) is 6.83. The van der Waals surface area contributed by atoms with Crippen LogP contribution < -0.4 is 5.32 Å². The van der Waals surface area contributed by atoms with Crippen LogP contribution in [0.3, 0.4) is 0 Å². The lowest BCUT2D eigenvalue weighted by atomic mass is 9.79. The number of benzene rings is 1. The maximum atomic E-state index is 13.4. The number of ketones is 1. The molecular weight excluding hydrogens is 367 g/mol. The van der Waals surface area contributed by atoms with Crippen LogP contribution in [0.2, 0.25) is 0 Å². The first-order valence-corrected chi connectivity index (χ1v) is 9.98. The SMILES string of the molecule is CN(C)C=CC(=O)c1c(-c2ccc(F)cc2)ncn1C1CC(C)(C)NC(C)(C)C1. The molecule has 2 aromatic rings. The number of allylic oxidation sites excluding steroid dienone is 1. The molecule has 0 unspecified atom stereocenters. The van der Waals surface area contributed by atoms with Gasteiger partial charge in [-0.3, -0.25) is 4.79 Å². The fourth-order valence-corrected chi connectivity index (χ4v) is 4.46. The van der Waals surface area contributed by atoms with Gasteiger partial charge in [0.2, 0.25) is 5.78 Å². The van der Waals surface area contributed by atoms with Crippen molar-refractivity contribution in [3.05, 3.63) is 54.4 Å². The first kappa shape index (κ1) is 21.2. The molecule has 0 atom stereocenters. The number of hydrogen-bond donors (Lipinski definition) is 1. The molecule has 29 heavy (non-hydrogen) atoms. The summed E-state index contributed by atoms with van der Waals surface area (Å²) >= 11 is 0. The lowest BCUT2D eigenvalue weighted by Crippen LogP contribution is -2.58. The molecule has 1 saturated heterocycles. The number of hydrogen-bond acceptors (Lipinski definition) is 4. The summed E-state index contributed by atoms with van der Waals surface area (Å²) in [6, 6.07) is 6.27. The van der Waals surface area contributed by atoms with Crippen LogP contribution in [0.4, 0.5) is 4.39 Å². The Morgan fingerprint density at radius 3 is 2.31 bits per heavy atom. The Morgan fingerprint density at radius 2 is 1.76 bits per heavy atom. The molecule has 1 aliphatic rings. The van der Waals surface area contributed by atoms with Gasteiger partial charge in [-0.1, -0.05) is 0 Å². The van der Waals surface area contributed by atoms with Gasteiger partial charge < -0.3 is 14.8 Å². The Kier molecular flexibility index (Phi) is 5.68. The van der Waals surface area contributed by atoms with Gasteiger partial charge in [-0.05, 0) is 64.8 Å². The summed E-state index contributed by atoms with van der Waals surface area (Å²) in [5.41, 5.74) is 1.75. The van der Waals surface area contributed by atoms with Gasteiger partial charge in [0.15, 0.2) is 0 Å². The number of carbonyl (C=O) groups is 1. The second-order valence-electron chi connectivity index (χ2n) is 9.45. The predicted octanol–water partition coefficient (Wildman–Crippen LogP) is 4.43. The average Bonchev–Trinajstić information content (AvgIpc) is 3.02. The van der Waals surface area contributed by atoms with E-state index in [-0.39, 0.29) is 28.7 Å². The Bertz CT molecular complexity index is 893. The Morgan fingerprint density at radius 1 is 1.17 bits per heavy atom. The smallest absolute Gasteiger partial charge is 0.205 e. The number of halogens is 1. The van der Waals surface area contributed by atoms with Gasteiger partial charge >= 0.3 is 0 Å². The van der Waals surface area contributed by atoms with E-state index in [1.807, 2.05) is 23.6 Å². The molecule has 1 aromatic heterocycles. The van der Waals surface area contributed by atoms with E-state index in [0.29, 0.717) is 11.4 Å². The normalized spacial score (nSPS) is 18.9. The third-order valence-corrected chi connectivity index (χ3v) is 5.23. The summed E-state index contributed by atoms with van der Waals surface area (Å²) < 4.78 is 15.4. The van der Waals surface area contributed by atoms with Crippen LogP contribution in [-0.2, 0) is 0 Å². The standard InChI is InChI=1S/C23H31FN4O/c1-22(2)13-18(14-23(3,4)26-22)28-15-25-20(16-7-9-17(24)10-8-16)21(28)19(29)11-12-27(5)6/h7-12,15,18,26H,13-14H2,1-6H3. The van der Waals surface area contributed by atoms with Gasteiger partial charge in [0.05, 0.1) is 12.0 Å². The van der Waals surface area contributed by atoms with Crippen molar-refractivity contribution < 1.29 is 9.18 Å². The minimum atomic E-state index is -0.310. The molecule has 0 saturated carbocycles. The zero-order valence-corrected chi connectivity index (χ0v) is 18.2. The lowest BCUT2D eigenvalue weighted by Gasteiger charge is -2.47. The predicted molar refractivity (Wildman–Crippen MR) is 114 cm³/mol. The lowest BCUT2D eigenvalue weighted by molar-refractivity contribution is 0.101. The fourth-order valence-electron chi connectivity index (χ4n) is 4.46. The van der Waals surface area contributed by atoms with Crippen LogP contribution in [-0.4, -0.2) is 45.4 Å². The molecule has 156 valence electrons. The van der Waals surface area contributed by atoms with E-state index in [9.17, 15) is 9.18 Å². The number of rotatable bonds is 5. The fraction of sp³-hybridized carbons (Fsp3) is 0.478. The Balaban J connectivity index is 2.09. The Hall–Kier alpha value is -2.47. The molecule has 0 radical (unpaired) electrons. The van der Waals surface area contributed by atoms with Crippen LogP contribution >= 0.6 is 0 Å². The average molecular weight is 399 g/mol. The van der Waals surface area contributed by atoms with E-state index >= 15 is 0 Å². The maximum absolute atomic E-state index is 13.4. The van der Waals surface area contributed by atoms with Gasteiger partial charge in [0.1, 0.15) is 11.5 Å². The summed E-state index contributed by atoms with van der Waals surface area (Å²) in [5, 5.41) is 3.68. The van der Waals surface area contributed by atoms with E-state index in [1.54, 1.807) is 30.7 Å². The van der Waals surface area contributed by atoms with Gasteiger partial charge in [0.25, 0.3) is 0 Å². The summed E-state index contributed by atoms with van der Waals surface area (Å²) in [7, 11) is 3.75. The van der Waals surface area contributed by atoms with Crippen LogP contribution in [0, 0.1) is 5.82 Å². The van der Waals surface area contributed by atoms with E-state index < -0.39 is 0 Å². The van der Waals surface area contributed by atoms with Gasteiger partial charge in [0, 0.05) is 49.1 Å². The zero-order chi connectivity index (χ0) is 21.4. The number of aromatic nitrogens is 2. The Labute approximate surface area is 172 Å². The van der Waals surface area contributed by atoms with Gasteiger partial charge in [-0.2, -0.15) is 0 Å². The van der Waals surface area contributed by atoms with Gasteiger partial charge in [-0.15, -0.1) is 0 Å². The van der Waals surface area contributed by atoms with E-state index in [1.165, 1.54) is 12.1 Å². The van der Waals surface area contributed by atoms with Crippen molar-refractivity contribution in [3.8, 4) is 11.3 Å². The van der Waals surface area contributed by atoms with Crippen LogP contribution in [0.5, 0.6) is 0 Å². The molecule has 5 nitrogen and oxygen atoms in total. The number of nitrogens with zero attached hydrogens (tertiary/aromatic N) is 3. The molecule has 0 spiro atoms. The molecular formula is C23H31FN4O. The molecule has 6 heteroatoms. The second-order valence-corrected chi connectivity index (χ2v) is 9.45. The molecule has 1 aromatic carbocycles. The highest BCUT2D eigenvalue weighted by Crippen LogP contribution is 2.38. The van der Waals surface area contributed by atoms with Crippen molar-refractivity contribution in [2.45, 2.75) is 57.7 Å². The molecule has 0 bridgehead atoms. The van der Waals surface area contributed by atoms with Gasteiger partial charge in [-0.25, -0.2) is 9.37 Å². The third kappa shape index (κ3) is 4.93. The van der Waals surface area contributed by atoms with Crippen molar-refractivity contribution in [1.29, 1.82) is 0 Å². The summed E-state index contributed by atoms with van der Waals surface area (Å²) in [4.78, 5) is 19.6. The molecule has 1 N–H and O–H groups in total. The van der Waals surface area contributed by atoms with E-state index in [4.69, 9.17) is 0 Å². The number of nitrogens with one attached hydrogen (secondary N) is 1. The number of carbonyl (C=O) groups excluding carboxylic acids is 1. The zero-order valence-electron chi connectivity index (χ0n) is 18.2. The van der Waals surface area contributed by atoms with Crippen LogP contribution in [0.15, 0.2) is 42.9 Å². The van der Waals surface area contributed by atoms with Crippen LogP contribution in [0.25, 0.3) is 11.3 Å². The molecule has 2 heterocycles. The van der Waals surface area contributed by atoms with Crippen molar-refractivity contribution in [2.75, 3.05) is 14.1 Å².